The van der Waals surface area contributed by atoms with Gasteiger partial charge in [0, 0.05) is 11.8 Å². The number of hydrogen-bond donors (Lipinski definition) is 2. The standard InChI is InChI=1S/C4H11NS.ClH/c1-2-4(6)3-5;/h4,6H,2-3,5H2,1H3;1H. The fourth-order valence-corrected chi connectivity index (χ4v) is 0.167. The van der Waals surface area contributed by atoms with Gasteiger partial charge in [-0.1, -0.05) is 6.92 Å². The summed E-state index contributed by atoms with van der Waals surface area (Å²) < 4.78 is 0. The summed E-state index contributed by atoms with van der Waals surface area (Å²) in [6.07, 6.45) is 1.07. The summed E-state index contributed by atoms with van der Waals surface area (Å²) in [6.45, 7) is 2.77. The number of nitrogens with two attached hydrogens (primary N) is 1. The van der Waals surface area contributed by atoms with Crippen molar-refractivity contribution in [2.24, 2.45) is 5.73 Å². The average molecular weight is 142 g/mol. The first-order chi connectivity index (χ1) is 2.81. The zero-order valence-electron chi connectivity index (χ0n) is 4.42. The van der Waals surface area contributed by atoms with Gasteiger partial charge in [-0.3, -0.25) is 0 Å². The molecule has 0 aromatic heterocycles. The molecule has 0 aromatic carbocycles. The van der Waals surface area contributed by atoms with Crippen molar-refractivity contribution in [1.82, 2.24) is 0 Å². The Morgan fingerprint density at radius 1 is 1.71 bits per heavy atom. The molecule has 0 aliphatic heterocycles. The molecule has 3 heteroatoms. The van der Waals surface area contributed by atoms with Gasteiger partial charge in [-0.15, -0.1) is 12.4 Å². The second-order valence-corrected chi connectivity index (χ2v) is 2.03. The first-order valence-electron chi connectivity index (χ1n) is 2.19. The molecule has 0 saturated heterocycles. The SMILES string of the molecule is CCC(S)CN.Cl. The molecule has 0 saturated carbocycles. The maximum Gasteiger partial charge on any atom is 0.0137 e. The van der Waals surface area contributed by atoms with E-state index in [9.17, 15) is 0 Å². The smallest absolute Gasteiger partial charge is 0.0137 e. The maximum atomic E-state index is 5.21. The predicted molar refractivity (Wildman–Crippen MR) is 39.4 cm³/mol. The molecule has 0 fully saturated rings. The van der Waals surface area contributed by atoms with Crippen molar-refractivity contribution in [3.05, 3.63) is 0 Å². The summed E-state index contributed by atoms with van der Waals surface area (Å²) in [7, 11) is 0. The maximum absolute atomic E-state index is 5.21. The van der Waals surface area contributed by atoms with Crippen LogP contribution < -0.4 is 5.73 Å². The Morgan fingerprint density at radius 3 is 2.14 bits per heavy atom. The molecule has 1 unspecified atom stereocenters. The van der Waals surface area contributed by atoms with Crippen LogP contribution in [-0.4, -0.2) is 11.8 Å². The summed E-state index contributed by atoms with van der Waals surface area (Å²) >= 11 is 4.10. The van der Waals surface area contributed by atoms with Gasteiger partial charge in [0.15, 0.2) is 0 Å². The van der Waals surface area contributed by atoms with Crippen molar-refractivity contribution in [3.8, 4) is 0 Å². The highest BCUT2D eigenvalue weighted by atomic mass is 35.5. The molecule has 2 N–H and O–H groups in total. The molecule has 46 valence electrons. The monoisotopic (exact) mass is 141 g/mol. The van der Waals surface area contributed by atoms with E-state index < -0.39 is 0 Å². The van der Waals surface area contributed by atoms with Crippen LogP contribution in [0.2, 0.25) is 0 Å². The molecule has 7 heavy (non-hydrogen) atoms. The van der Waals surface area contributed by atoms with Gasteiger partial charge in [0.1, 0.15) is 0 Å². The zero-order valence-corrected chi connectivity index (χ0v) is 6.14. The van der Waals surface area contributed by atoms with Crippen molar-refractivity contribution in [3.63, 3.8) is 0 Å². The molecule has 0 radical (unpaired) electrons. The van der Waals surface area contributed by atoms with Crippen LogP contribution in [0, 0.1) is 0 Å². The highest BCUT2D eigenvalue weighted by Crippen LogP contribution is 1.94. The number of halogens is 1. The molecule has 0 aliphatic carbocycles. The van der Waals surface area contributed by atoms with Gasteiger partial charge in [0.2, 0.25) is 0 Å². The van der Waals surface area contributed by atoms with E-state index in [-0.39, 0.29) is 12.4 Å². The lowest BCUT2D eigenvalue weighted by molar-refractivity contribution is 0.833. The first kappa shape index (κ1) is 10.6. The van der Waals surface area contributed by atoms with E-state index in [2.05, 4.69) is 19.6 Å². The highest BCUT2D eigenvalue weighted by molar-refractivity contribution is 7.81. The van der Waals surface area contributed by atoms with Crippen LogP contribution in [0.3, 0.4) is 0 Å². The Labute approximate surface area is 56.5 Å². The first-order valence-corrected chi connectivity index (χ1v) is 2.71. The van der Waals surface area contributed by atoms with E-state index in [1.165, 1.54) is 0 Å². The van der Waals surface area contributed by atoms with Crippen molar-refractivity contribution in [2.75, 3.05) is 6.54 Å². The van der Waals surface area contributed by atoms with Gasteiger partial charge in [-0.25, -0.2) is 0 Å². The Hall–Kier alpha value is 0.600. The fourth-order valence-electron chi connectivity index (χ4n) is 0.167. The lowest BCUT2D eigenvalue weighted by Crippen LogP contribution is -2.12. The minimum atomic E-state index is 0. The molecular formula is C4H12ClNS. The summed E-state index contributed by atoms with van der Waals surface area (Å²) in [5, 5.41) is 0.407. The summed E-state index contributed by atoms with van der Waals surface area (Å²) in [4.78, 5) is 0. The van der Waals surface area contributed by atoms with Crippen LogP contribution in [-0.2, 0) is 0 Å². The molecule has 0 spiro atoms. The van der Waals surface area contributed by atoms with E-state index in [1.54, 1.807) is 0 Å². The van der Waals surface area contributed by atoms with Crippen LogP contribution in [0.1, 0.15) is 13.3 Å². The summed E-state index contributed by atoms with van der Waals surface area (Å²) in [5.41, 5.74) is 5.21. The van der Waals surface area contributed by atoms with Crippen LogP contribution in [0.5, 0.6) is 0 Å². The van der Waals surface area contributed by atoms with Gasteiger partial charge in [-0.05, 0) is 6.42 Å². The molecular weight excluding hydrogens is 130 g/mol. The minimum absolute atomic E-state index is 0. The minimum Gasteiger partial charge on any atom is -0.329 e. The molecule has 0 aromatic rings. The zero-order chi connectivity index (χ0) is 4.99. The predicted octanol–water partition coefficient (Wildman–Crippen LogP) is 1.08. The number of rotatable bonds is 2. The van der Waals surface area contributed by atoms with E-state index in [0.717, 1.165) is 6.42 Å². The number of hydrogen-bond acceptors (Lipinski definition) is 2. The Balaban J connectivity index is 0. The quantitative estimate of drug-likeness (QED) is 0.553. The van der Waals surface area contributed by atoms with E-state index in [1.807, 2.05) is 0 Å². The van der Waals surface area contributed by atoms with Crippen LogP contribution in [0.15, 0.2) is 0 Å². The van der Waals surface area contributed by atoms with Crippen LogP contribution in [0.25, 0.3) is 0 Å². The molecule has 0 rings (SSSR count). The van der Waals surface area contributed by atoms with Crippen molar-refractivity contribution in [2.45, 2.75) is 18.6 Å². The van der Waals surface area contributed by atoms with Gasteiger partial charge in [0.05, 0.1) is 0 Å². The van der Waals surface area contributed by atoms with Crippen molar-refractivity contribution < 1.29 is 0 Å². The Morgan fingerprint density at radius 2 is 2.14 bits per heavy atom. The second-order valence-electron chi connectivity index (χ2n) is 1.30. The molecule has 0 heterocycles. The van der Waals surface area contributed by atoms with E-state index >= 15 is 0 Å². The van der Waals surface area contributed by atoms with Gasteiger partial charge in [-0.2, -0.15) is 12.6 Å². The second kappa shape index (κ2) is 6.60. The average Bonchev–Trinajstić information content (AvgIpc) is 1.65. The van der Waals surface area contributed by atoms with E-state index in [4.69, 9.17) is 5.73 Å². The molecule has 0 amide bonds. The Kier molecular flexibility index (Phi) is 9.95. The Bertz CT molecular complexity index is 30.9. The molecule has 0 aliphatic rings. The highest BCUT2D eigenvalue weighted by Gasteiger charge is 1.90. The third-order valence-corrected chi connectivity index (χ3v) is 1.32. The third kappa shape index (κ3) is 6.60. The molecule has 1 nitrogen and oxygen atoms in total. The summed E-state index contributed by atoms with van der Waals surface area (Å²) in [6, 6.07) is 0. The van der Waals surface area contributed by atoms with Crippen LogP contribution in [0.4, 0.5) is 0 Å². The number of thiol groups is 1. The fraction of sp³-hybridized carbons (Fsp3) is 1.00. The van der Waals surface area contributed by atoms with Crippen molar-refractivity contribution in [1.29, 1.82) is 0 Å². The normalized spacial score (nSPS) is 12.4. The molecule has 0 bridgehead atoms. The van der Waals surface area contributed by atoms with Gasteiger partial charge >= 0.3 is 0 Å². The van der Waals surface area contributed by atoms with Gasteiger partial charge < -0.3 is 5.73 Å². The van der Waals surface area contributed by atoms with Crippen molar-refractivity contribution >= 4 is 25.0 Å². The lowest BCUT2D eigenvalue weighted by atomic mass is 10.3. The van der Waals surface area contributed by atoms with E-state index in [0.29, 0.717) is 11.8 Å². The van der Waals surface area contributed by atoms with Crippen LogP contribution >= 0.6 is 25.0 Å². The third-order valence-electron chi connectivity index (χ3n) is 0.743. The largest absolute Gasteiger partial charge is 0.329 e. The topological polar surface area (TPSA) is 26.0 Å². The molecule has 1 atom stereocenters. The lowest BCUT2D eigenvalue weighted by Gasteiger charge is -1.98. The van der Waals surface area contributed by atoms with Gasteiger partial charge in [0.25, 0.3) is 0 Å². The summed E-state index contributed by atoms with van der Waals surface area (Å²) in [5.74, 6) is 0.